The fourth-order valence-electron chi connectivity index (χ4n) is 2.20. The molecule has 0 bridgehead atoms. The van der Waals surface area contributed by atoms with Crippen molar-refractivity contribution in [1.82, 2.24) is 15.0 Å². The van der Waals surface area contributed by atoms with E-state index in [0.717, 1.165) is 26.1 Å². The highest BCUT2D eigenvalue weighted by Crippen LogP contribution is 2.20. The molecule has 2 heterocycles. The second-order valence-corrected chi connectivity index (χ2v) is 6.85. The van der Waals surface area contributed by atoms with Crippen molar-refractivity contribution in [3.8, 4) is 0 Å². The van der Waals surface area contributed by atoms with E-state index in [-0.39, 0.29) is 5.28 Å². The highest BCUT2D eigenvalue weighted by atomic mass is 35.5. The van der Waals surface area contributed by atoms with Gasteiger partial charge in [-0.25, -0.2) is 0 Å². The van der Waals surface area contributed by atoms with Gasteiger partial charge in [0.2, 0.25) is 17.2 Å². The van der Waals surface area contributed by atoms with Gasteiger partial charge in [-0.1, -0.05) is 20.8 Å². The zero-order chi connectivity index (χ0) is 14.6. The molecule has 1 aliphatic rings. The predicted octanol–water partition coefficient (Wildman–Crippen LogP) is 3.36. The van der Waals surface area contributed by atoms with Gasteiger partial charge >= 0.3 is 0 Å². The molecular weight excluding hydrogens is 274 g/mol. The van der Waals surface area contributed by atoms with E-state index < -0.39 is 0 Å². The SMILES string of the molecule is CC(C)(C)CCNc1nc(Cl)nc(N2CCCCC2)n1. The van der Waals surface area contributed by atoms with Crippen LogP contribution in [0, 0.1) is 5.41 Å². The number of aromatic nitrogens is 3. The van der Waals surface area contributed by atoms with Gasteiger partial charge in [-0.2, -0.15) is 15.0 Å². The maximum Gasteiger partial charge on any atom is 0.231 e. The maximum absolute atomic E-state index is 6.01. The van der Waals surface area contributed by atoms with Gasteiger partial charge < -0.3 is 10.2 Å². The fraction of sp³-hybridized carbons (Fsp3) is 0.786. The third kappa shape index (κ3) is 4.78. The summed E-state index contributed by atoms with van der Waals surface area (Å²) in [4.78, 5) is 15.1. The molecule has 5 nitrogen and oxygen atoms in total. The van der Waals surface area contributed by atoms with Gasteiger partial charge in [0.15, 0.2) is 0 Å². The van der Waals surface area contributed by atoms with Crippen molar-refractivity contribution < 1.29 is 0 Å². The van der Waals surface area contributed by atoms with Crippen LogP contribution in [0.2, 0.25) is 5.28 Å². The summed E-state index contributed by atoms with van der Waals surface area (Å²) >= 11 is 6.01. The van der Waals surface area contributed by atoms with E-state index in [4.69, 9.17) is 11.6 Å². The van der Waals surface area contributed by atoms with Crippen LogP contribution in [0.25, 0.3) is 0 Å². The lowest BCUT2D eigenvalue weighted by Crippen LogP contribution is -2.31. The average Bonchev–Trinajstić information content (AvgIpc) is 2.37. The lowest BCUT2D eigenvalue weighted by Gasteiger charge is -2.26. The summed E-state index contributed by atoms with van der Waals surface area (Å²) in [5.41, 5.74) is 0.291. The van der Waals surface area contributed by atoms with Crippen LogP contribution in [0.1, 0.15) is 46.5 Å². The number of rotatable bonds is 4. The Morgan fingerprint density at radius 1 is 1.10 bits per heavy atom. The van der Waals surface area contributed by atoms with Gasteiger partial charge in [-0.3, -0.25) is 0 Å². The molecule has 6 heteroatoms. The normalized spacial score (nSPS) is 16.3. The van der Waals surface area contributed by atoms with E-state index in [2.05, 4.69) is 45.9 Å². The van der Waals surface area contributed by atoms with Crippen molar-refractivity contribution in [3.63, 3.8) is 0 Å². The number of anilines is 2. The molecule has 0 unspecified atom stereocenters. The van der Waals surface area contributed by atoms with Crippen LogP contribution in [0.5, 0.6) is 0 Å². The largest absolute Gasteiger partial charge is 0.354 e. The highest BCUT2D eigenvalue weighted by molar-refractivity contribution is 6.28. The molecule has 0 amide bonds. The van der Waals surface area contributed by atoms with E-state index >= 15 is 0 Å². The number of nitrogens with one attached hydrogen (secondary N) is 1. The summed E-state index contributed by atoms with van der Waals surface area (Å²) in [6, 6.07) is 0. The molecule has 20 heavy (non-hydrogen) atoms. The Bertz CT molecular complexity index is 438. The first-order valence-corrected chi connectivity index (χ1v) is 7.72. The summed E-state index contributed by atoms with van der Waals surface area (Å²) in [5, 5.41) is 3.51. The molecule has 0 spiro atoms. The van der Waals surface area contributed by atoms with Gasteiger partial charge in [0.05, 0.1) is 0 Å². The van der Waals surface area contributed by atoms with Crippen LogP contribution in [0.3, 0.4) is 0 Å². The summed E-state index contributed by atoms with van der Waals surface area (Å²) < 4.78 is 0. The zero-order valence-electron chi connectivity index (χ0n) is 12.6. The average molecular weight is 298 g/mol. The van der Waals surface area contributed by atoms with E-state index in [0.29, 0.717) is 17.3 Å². The Morgan fingerprint density at radius 2 is 1.80 bits per heavy atom. The first kappa shape index (κ1) is 15.3. The molecule has 0 radical (unpaired) electrons. The number of halogens is 1. The van der Waals surface area contributed by atoms with Crippen molar-refractivity contribution in [2.45, 2.75) is 46.5 Å². The van der Waals surface area contributed by atoms with Gasteiger partial charge in [-0.15, -0.1) is 0 Å². The topological polar surface area (TPSA) is 53.9 Å². The summed E-state index contributed by atoms with van der Waals surface area (Å²) in [7, 11) is 0. The number of piperidine rings is 1. The first-order chi connectivity index (χ1) is 9.44. The first-order valence-electron chi connectivity index (χ1n) is 7.34. The highest BCUT2D eigenvalue weighted by Gasteiger charge is 2.16. The second kappa shape index (κ2) is 6.57. The molecule has 0 saturated carbocycles. The third-order valence-corrected chi connectivity index (χ3v) is 3.56. The van der Waals surface area contributed by atoms with Crippen LogP contribution in [-0.2, 0) is 0 Å². The molecule has 112 valence electrons. The molecule has 0 aliphatic carbocycles. The predicted molar refractivity (Wildman–Crippen MR) is 83.5 cm³/mol. The molecule has 1 aromatic rings. The lowest BCUT2D eigenvalue weighted by molar-refractivity contribution is 0.389. The molecular formula is C14H24ClN5. The van der Waals surface area contributed by atoms with Gasteiger partial charge in [0, 0.05) is 19.6 Å². The minimum atomic E-state index is 0.263. The molecule has 1 fully saturated rings. The van der Waals surface area contributed by atoms with E-state index in [9.17, 15) is 0 Å². The van der Waals surface area contributed by atoms with Crippen LogP contribution in [0.4, 0.5) is 11.9 Å². The van der Waals surface area contributed by atoms with Gasteiger partial charge in [0.1, 0.15) is 0 Å². The van der Waals surface area contributed by atoms with E-state index in [1.807, 2.05) is 0 Å². The Labute approximate surface area is 126 Å². The van der Waals surface area contributed by atoms with Crippen LogP contribution in [-0.4, -0.2) is 34.6 Å². The van der Waals surface area contributed by atoms with E-state index in [1.54, 1.807) is 0 Å². The molecule has 1 N–H and O–H groups in total. The van der Waals surface area contributed by atoms with Gasteiger partial charge in [0.25, 0.3) is 0 Å². The van der Waals surface area contributed by atoms with Crippen molar-refractivity contribution in [1.29, 1.82) is 0 Å². The molecule has 1 aromatic heterocycles. The minimum absolute atomic E-state index is 0.263. The van der Waals surface area contributed by atoms with E-state index in [1.165, 1.54) is 19.3 Å². The fourth-order valence-corrected chi connectivity index (χ4v) is 2.36. The van der Waals surface area contributed by atoms with Crippen LogP contribution >= 0.6 is 11.6 Å². The molecule has 0 atom stereocenters. The zero-order valence-corrected chi connectivity index (χ0v) is 13.4. The Morgan fingerprint density at radius 3 is 2.45 bits per heavy atom. The number of hydrogen-bond acceptors (Lipinski definition) is 5. The van der Waals surface area contributed by atoms with Crippen molar-refractivity contribution in [3.05, 3.63) is 5.28 Å². The number of nitrogens with zero attached hydrogens (tertiary/aromatic N) is 4. The summed E-state index contributed by atoms with van der Waals surface area (Å²) in [6.45, 7) is 9.49. The number of hydrogen-bond donors (Lipinski definition) is 1. The monoisotopic (exact) mass is 297 g/mol. The molecule has 2 rings (SSSR count). The Hall–Kier alpha value is -1.10. The lowest BCUT2D eigenvalue weighted by atomic mass is 9.92. The molecule has 1 aliphatic heterocycles. The third-order valence-electron chi connectivity index (χ3n) is 3.39. The van der Waals surface area contributed by atoms with Crippen molar-refractivity contribution >= 4 is 23.5 Å². The maximum atomic E-state index is 6.01. The Kier molecular flexibility index (Phi) is 5.02. The molecule has 1 saturated heterocycles. The smallest absolute Gasteiger partial charge is 0.231 e. The van der Waals surface area contributed by atoms with Crippen LogP contribution < -0.4 is 10.2 Å². The second-order valence-electron chi connectivity index (χ2n) is 6.51. The minimum Gasteiger partial charge on any atom is -0.354 e. The van der Waals surface area contributed by atoms with Crippen molar-refractivity contribution in [2.24, 2.45) is 5.41 Å². The van der Waals surface area contributed by atoms with Gasteiger partial charge in [-0.05, 0) is 42.7 Å². The van der Waals surface area contributed by atoms with Crippen LogP contribution in [0.15, 0.2) is 0 Å². The van der Waals surface area contributed by atoms with Crippen molar-refractivity contribution in [2.75, 3.05) is 29.9 Å². The summed E-state index contributed by atoms with van der Waals surface area (Å²) in [5.74, 6) is 1.28. The quantitative estimate of drug-likeness (QED) is 0.923. The summed E-state index contributed by atoms with van der Waals surface area (Å²) in [6.07, 6.45) is 4.72. The standard InChI is InChI=1S/C14H24ClN5/c1-14(2,3)7-8-16-12-17-11(15)18-13(19-12)20-9-5-4-6-10-20/h4-10H2,1-3H3,(H,16,17,18,19). The molecule has 0 aromatic carbocycles. The Balaban J connectivity index is 2.00.